The maximum absolute atomic E-state index is 4.13. The molecule has 0 aliphatic carbocycles. The summed E-state index contributed by atoms with van der Waals surface area (Å²) in [4.78, 5) is 0. The van der Waals surface area contributed by atoms with Gasteiger partial charge in [0.15, 0.2) is 0 Å². The van der Waals surface area contributed by atoms with Crippen LogP contribution in [0, 0.1) is 0 Å². The van der Waals surface area contributed by atoms with Crippen LogP contribution in [0.15, 0.2) is 6.33 Å². The fourth-order valence-corrected chi connectivity index (χ4v) is 1.83. The topological polar surface area (TPSA) is 42.7 Å². The van der Waals surface area contributed by atoms with Crippen LogP contribution in [0.5, 0.6) is 0 Å². The van der Waals surface area contributed by atoms with Gasteiger partial charge in [-0.3, -0.25) is 0 Å². The van der Waals surface area contributed by atoms with Crippen molar-refractivity contribution in [2.24, 2.45) is 0 Å². The summed E-state index contributed by atoms with van der Waals surface area (Å²) < 4.78 is 2.16. The van der Waals surface area contributed by atoms with E-state index in [2.05, 4.69) is 20.1 Å². The average molecular weight is 166 g/mol. The lowest BCUT2D eigenvalue weighted by Gasteiger charge is -2.21. The molecule has 12 heavy (non-hydrogen) atoms. The first kappa shape index (κ1) is 7.73. The SMILES string of the molecule is CNCC1CCCn2cnnc21. The van der Waals surface area contributed by atoms with Gasteiger partial charge in [0.05, 0.1) is 0 Å². The molecule has 1 aromatic rings. The molecule has 2 rings (SSSR count). The minimum atomic E-state index is 0.561. The van der Waals surface area contributed by atoms with Crippen LogP contribution in [0.2, 0.25) is 0 Å². The van der Waals surface area contributed by atoms with E-state index in [9.17, 15) is 0 Å². The molecule has 66 valence electrons. The predicted octanol–water partition coefficient (Wildman–Crippen LogP) is 0.375. The van der Waals surface area contributed by atoms with Crippen LogP contribution in [0.25, 0.3) is 0 Å². The molecule has 0 fully saturated rings. The molecule has 0 spiro atoms. The number of aromatic nitrogens is 3. The molecule has 2 heterocycles. The fraction of sp³-hybridized carbons (Fsp3) is 0.750. The third kappa shape index (κ3) is 1.22. The first-order chi connectivity index (χ1) is 5.92. The molecule has 4 heteroatoms. The Morgan fingerprint density at radius 2 is 2.67 bits per heavy atom. The quantitative estimate of drug-likeness (QED) is 0.690. The second-order valence-corrected chi connectivity index (χ2v) is 3.28. The number of nitrogens with one attached hydrogen (secondary N) is 1. The van der Waals surface area contributed by atoms with Gasteiger partial charge in [-0.05, 0) is 19.9 Å². The van der Waals surface area contributed by atoms with Crippen LogP contribution in [-0.2, 0) is 6.54 Å². The number of likely N-dealkylation sites (N-methyl/N-ethyl adjacent to an activating group) is 1. The zero-order valence-corrected chi connectivity index (χ0v) is 7.32. The summed E-state index contributed by atoms with van der Waals surface area (Å²) in [6.07, 6.45) is 4.31. The highest BCUT2D eigenvalue weighted by molar-refractivity contribution is 5.00. The molecule has 0 saturated heterocycles. The van der Waals surface area contributed by atoms with Gasteiger partial charge < -0.3 is 9.88 Å². The summed E-state index contributed by atoms with van der Waals surface area (Å²) in [7, 11) is 1.98. The molecule has 0 saturated carbocycles. The highest BCUT2D eigenvalue weighted by Gasteiger charge is 2.20. The fourth-order valence-electron chi connectivity index (χ4n) is 1.83. The van der Waals surface area contributed by atoms with Gasteiger partial charge in [-0.1, -0.05) is 0 Å². The van der Waals surface area contributed by atoms with E-state index in [0.29, 0.717) is 5.92 Å². The Labute approximate surface area is 72.0 Å². The van der Waals surface area contributed by atoms with Gasteiger partial charge in [0, 0.05) is 19.0 Å². The summed E-state index contributed by atoms with van der Waals surface area (Å²) >= 11 is 0. The van der Waals surface area contributed by atoms with E-state index in [1.165, 1.54) is 12.8 Å². The summed E-state index contributed by atoms with van der Waals surface area (Å²) in [5.41, 5.74) is 0. The molecule has 1 aliphatic rings. The van der Waals surface area contributed by atoms with Gasteiger partial charge in [0.25, 0.3) is 0 Å². The molecule has 0 bridgehead atoms. The standard InChI is InChI=1S/C8H14N4/c1-9-5-7-3-2-4-12-6-10-11-8(7)12/h6-7,9H,2-5H2,1H3. The molecule has 0 amide bonds. The number of aryl methyl sites for hydroxylation is 1. The summed E-state index contributed by atoms with van der Waals surface area (Å²) in [6, 6.07) is 0. The van der Waals surface area contributed by atoms with Crippen LogP contribution in [-0.4, -0.2) is 28.4 Å². The third-order valence-electron chi connectivity index (χ3n) is 2.41. The summed E-state index contributed by atoms with van der Waals surface area (Å²) in [5.74, 6) is 1.71. The van der Waals surface area contributed by atoms with Gasteiger partial charge in [0.2, 0.25) is 0 Å². The molecular weight excluding hydrogens is 152 g/mol. The van der Waals surface area contributed by atoms with E-state index >= 15 is 0 Å². The van der Waals surface area contributed by atoms with Crippen molar-refractivity contribution in [1.82, 2.24) is 20.1 Å². The van der Waals surface area contributed by atoms with Crippen molar-refractivity contribution >= 4 is 0 Å². The maximum atomic E-state index is 4.13. The average Bonchev–Trinajstić information content (AvgIpc) is 2.53. The molecule has 1 N–H and O–H groups in total. The number of hydrogen-bond acceptors (Lipinski definition) is 3. The predicted molar refractivity (Wildman–Crippen MR) is 45.9 cm³/mol. The Balaban J connectivity index is 2.19. The van der Waals surface area contributed by atoms with Crippen molar-refractivity contribution in [3.05, 3.63) is 12.2 Å². The largest absolute Gasteiger partial charge is 0.319 e. The van der Waals surface area contributed by atoms with E-state index in [0.717, 1.165) is 18.9 Å². The van der Waals surface area contributed by atoms with Crippen molar-refractivity contribution in [3.63, 3.8) is 0 Å². The first-order valence-electron chi connectivity index (χ1n) is 4.44. The van der Waals surface area contributed by atoms with Gasteiger partial charge in [0.1, 0.15) is 12.2 Å². The van der Waals surface area contributed by atoms with Gasteiger partial charge in [-0.2, -0.15) is 0 Å². The van der Waals surface area contributed by atoms with Crippen LogP contribution < -0.4 is 5.32 Å². The highest BCUT2D eigenvalue weighted by atomic mass is 15.3. The van der Waals surface area contributed by atoms with Crippen molar-refractivity contribution in [1.29, 1.82) is 0 Å². The lowest BCUT2D eigenvalue weighted by molar-refractivity contribution is 0.432. The molecule has 4 nitrogen and oxygen atoms in total. The van der Waals surface area contributed by atoms with E-state index in [4.69, 9.17) is 0 Å². The van der Waals surface area contributed by atoms with Gasteiger partial charge >= 0.3 is 0 Å². The minimum absolute atomic E-state index is 0.561. The Bertz CT molecular complexity index is 255. The first-order valence-corrected chi connectivity index (χ1v) is 4.44. The zero-order chi connectivity index (χ0) is 8.39. The number of nitrogens with zero attached hydrogens (tertiary/aromatic N) is 3. The number of rotatable bonds is 2. The molecular formula is C8H14N4. The minimum Gasteiger partial charge on any atom is -0.319 e. The number of hydrogen-bond donors (Lipinski definition) is 1. The van der Waals surface area contributed by atoms with E-state index in [1.54, 1.807) is 0 Å². The lowest BCUT2D eigenvalue weighted by atomic mass is 9.99. The molecule has 1 atom stereocenters. The molecule has 1 aromatic heterocycles. The molecule has 0 aromatic carbocycles. The zero-order valence-electron chi connectivity index (χ0n) is 7.32. The van der Waals surface area contributed by atoms with Crippen LogP contribution in [0.1, 0.15) is 24.6 Å². The highest BCUT2D eigenvalue weighted by Crippen LogP contribution is 2.23. The van der Waals surface area contributed by atoms with E-state index < -0.39 is 0 Å². The van der Waals surface area contributed by atoms with Crippen LogP contribution >= 0.6 is 0 Å². The van der Waals surface area contributed by atoms with Crippen molar-refractivity contribution in [2.45, 2.75) is 25.3 Å². The normalized spacial score (nSPS) is 22.2. The molecule has 1 unspecified atom stereocenters. The van der Waals surface area contributed by atoms with E-state index in [-0.39, 0.29) is 0 Å². The van der Waals surface area contributed by atoms with E-state index in [1.807, 2.05) is 13.4 Å². The van der Waals surface area contributed by atoms with Gasteiger partial charge in [-0.15, -0.1) is 10.2 Å². The monoisotopic (exact) mass is 166 g/mol. The second-order valence-electron chi connectivity index (χ2n) is 3.28. The summed E-state index contributed by atoms with van der Waals surface area (Å²) in [5, 5.41) is 11.2. The van der Waals surface area contributed by atoms with Crippen LogP contribution in [0.3, 0.4) is 0 Å². The van der Waals surface area contributed by atoms with Crippen molar-refractivity contribution in [2.75, 3.05) is 13.6 Å². The second kappa shape index (κ2) is 3.23. The Morgan fingerprint density at radius 3 is 3.50 bits per heavy atom. The van der Waals surface area contributed by atoms with Gasteiger partial charge in [-0.25, -0.2) is 0 Å². The Kier molecular flexibility index (Phi) is 2.08. The molecule has 1 aliphatic heterocycles. The number of fused-ring (bicyclic) bond motifs is 1. The Hall–Kier alpha value is -0.900. The molecule has 0 radical (unpaired) electrons. The van der Waals surface area contributed by atoms with Crippen molar-refractivity contribution < 1.29 is 0 Å². The maximum Gasteiger partial charge on any atom is 0.137 e. The Morgan fingerprint density at radius 1 is 1.75 bits per heavy atom. The summed E-state index contributed by atoms with van der Waals surface area (Å²) in [6.45, 7) is 2.10. The lowest BCUT2D eigenvalue weighted by Crippen LogP contribution is -2.24. The smallest absolute Gasteiger partial charge is 0.137 e. The van der Waals surface area contributed by atoms with Crippen LogP contribution in [0.4, 0.5) is 0 Å². The van der Waals surface area contributed by atoms with Crippen molar-refractivity contribution in [3.8, 4) is 0 Å². The third-order valence-corrected chi connectivity index (χ3v) is 2.41.